The Labute approximate surface area is 155 Å². The molecule has 1 saturated heterocycles. The van der Waals surface area contributed by atoms with Crippen molar-refractivity contribution in [3.05, 3.63) is 23.8 Å². The first-order valence-electron chi connectivity index (χ1n) is 9.60. The SMILES string of the molecule is CCCCCCCCCC(=O)N1CCSC1c1ccc2c(c1)OCO2. The highest BCUT2D eigenvalue weighted by molar-refractivity contribution is 7.99. The van der Waals surface area contributed by atoms with Gasteiger partial charge in [-0.3, -0.25) is 4.79 Å². The quantitative estimate of drug-likeness (QED) is 0.570. The van der Waals surface area contributed by atoms with Crippen molar-refractivity contribution in [2.75, 3.05) is 19.1 Å². The minimum Gasteiger partial charge on any atom is -0.454 e. The molecule has 1 aromatic carbocycles. The number of hydrogen-bond acceptors (Lipinski definition) is 4. The molecule has 138 valence electrons. The van der Waals surface area contributed by atoms with Gasteiger partial charge in [0.2, 0.25) is 12.7 Å². The van der Waals surface area contributed by atoms with Gasteiger partial charge in [0.15, 0.2) is 11.5 Å². The topological polar surface area (TPSA) is 38.8 Å². The summed E-state index contributed by atoms with van der Waals surface area (Å²) in [5.74, 6) is 2.89. The second kappa shape index (κ2) is 9.37. The Kier molecular flexibility index (Phi) is 6.91. The molecular formula is C20H29NO3S. The molecule has 1 fully saturated rings. The van der Waals surface area contributed by atoms with Crippen molar-refractivity contribution in [2.24, 2.45) is 0 Å². The second-order valence-electron chi connectivity index (χ2n) is 6.79. The van der Waals surface area contributed by atoms with Gasteiger partial charge < -0.3 is 14.4 Å². The van der Waals surface area contributed by atoms with E-state index in [2.05, 4.69) is 13.0 Å². The monoisotopic (exact) mass is 363 g/mol. The molecule has 0 aliphatic carbocycles. The molecule has 0 N–H and O–H groups in total. The summed E-state index contributed by atoms with van der Waals surface area (Å²) < 4.78 is 10.9. The van der Waals surface area contributed by atoms with Gasteiger partial charge in [0.05, 0.1) is 0 Å². The number of hydrogen-bond donors (Lipinski definition) is 0. The van der Waals surface area contributed by atoms with Crippen LogP contribution in [0.4, 0.5) is 0 Å². The van der Waals surface area contributed by atoms with Gasteiger partial charge in [0.1, 0.15) is 5.37 Å². The van der Waals surface area contributed by atoms with Crippen molar-refractivity contribution in [3.8, 4) is 11.5 Å². The lowest BCUT2D eigenvalue weighted by atomic mass is 10.1. The molecule has 3 rings (SSSR count). The van der Waals surface area contributed by atoms with Crippen molar-refractivity contribution in [2.45, 2.75) is 63.7 Å². The van der Waals surface area contributed by atoms with Crippen LogP contribution < -0.4 is 9.47 Å². The van der Waals surface area contributed by atoms with Gasteiger partial charge in [-0.1, -0.05) is 51.5 Å². The fraction of sp³-hybridized carbons (Fsp3) is 0.650. The number of unbranched alkanes of at least 4 members (excludes halogenated alkanes) is 6. The van der Waals surface area contributed by atoms with Gasteiger partial charge in [-0.05, 0) is 24.1 Å². The molecule has 0 radical (unpaired) electrons. The number of fused-ring (bicyclic) bond motifs is 1. The van der Waals surface area contributed by atoms with Crippen LogP contribution in [0.2, 0.25) is 0 Å². The highest BCUT2D eigenvalue weighted by atomic mass is 32.2. The minimum absolute atomic E-state index is 0.117. The van der Waals surface area contributed by atoms with Crippen molar-refractivity contribution in [1.82, 2.24) is 4.90 Å². The molecule has 1 aromatic rings. The summed E-state index contributed by atoms with van der Waals surface area (Å²) in [6.07, 6.45) is 9.38. The normalized spacial score (nSPS) is 18.8. The molecule has 0 spiro atoms. The molecule has 0 saturated carbocycles. The van der Waals surface area contributed by atoms with Crippen molar-refractivity contribution in [1.29, 1.82) is 0 Å². The van der Waals surface area contributed by atoms with E-state index >= 15 is 0 Å². The number of ether oxygens (including phenoxy) is 2. The Morgan fingerprint density at radius 1 is 1.12 bits per heavy atom. The van der Waals surface area contributed by atoms with E-state index in [9.17, 15) is 4.79 Å². The lowest BCUT2D eigenvalue weighted by Gasteiger charge is -2.24. The average Bonchev–Trinajstić information content (AvgIpc) is 3.29. The van der Waals surface area contributed by atoms with Crippen LogP contribution in [-0.2, 0) is 4.79 Å². The van der Waals surface area contributed by atoms with Crippen molar-refractivity contribution in [3.63, 3.8) is 0 Å². The van der Waals surface area contributed by atoms with E-state index in [1.807, 2.05) is 28.8 Å². The van der Waals surface area contributed by atoms with Gasteiger partial charge in [0.25, 0.3) is 0 Å². The van der Waals surface area contributed by atoms with E-state index in [4.69, 9.17) is 9.47 Å². The molecule has 2 heterocycles. The number of carbonyl (C=O) groups excluding carboxylic acids is 1. The molecule has 1 atom stereocenters. The number of benzene rings is 1. The molecule has 5 heteroatoms. The molecule has 2 aliphatic heterocycles. The summed E-state index contributed by atoms with van der Waals surface area (Å²) in [6, 6.07) is 6.04. The van der Waals surface area contributed by atoms with E-state index in [0.717, 1.165) is 35.8 Å². The number of amides is 1. The molecule has 4 nitrogen and oxygen atoms in total. The van der Waals surface area contributed by atoms with E-state index in [1.165, 1.54) is 38.5 Å². The molecule has 0 bridgehead atoms. The van der Waals surface area contributed by atoms with E-state index in [1.54, 1.807) is 0 Å². The van der Waals surface area contributed by atoms with Crippen LogP contribution >= 0.6 is 11.8 Å². The third-order valence-corrected chi connectivity index (χ3v) is 6.15. The maximum Gasteiger partial charge on any atom is 0.231 e. The van der Waals surface area contributed by atoms with E-state index in [-0.39, 0.29) is 12.2 Å². The van der Waals surface area contributed by atoms with Crippen LogP contribution in [0.25, 0.3) is 0 Å². The fourth-order valence-electron chi connectivity index (χ4n) is 3.45. The first-order chi connectivity index (χ1) is 12.3. The zero-order chi connectivity index (χ0) is 17.5. The zero-order valence-electron chi connectivity index (χ0n) is 15.2. The van der Waals surface area contributed by atoms with E-state index in [0.29, 0.717) is 12.3 Å². The number of carbonyl (C=O) groups is 1. The van der Waals surface area contributed by atoms with Crippen molar-refractivity contribution < 1.29 is 14.3 Å². The molecule has 2 aliphatic rings. The highest BCUT2D eigenvalue weighted by Crippen LogP contribution is 2.42. The zero-order valence-corrected chi connectivity index (χ0v) is 16.0. The first-order valence-corrected chi connectivity index (χ1v) is 10.6. The van der Waals surface area contributed by atoms with Crippen LogP contribution in [0.5, 0.6) is 11.5 Å². The average molecular weight is 364 g/mol. The summed E-state index contributed by atoms with van der Waals surface area (Å²) in [5.41, 5.74) is 1.14. The summed E-state index contributed by atoms with van der Waals surface area (Å²) >= 11 is 1.84. The van der Waals surface area contributed by atoms with E-state index < -0.39 is 0 Å². The Bertz CT molecular complexity index is 578. The summed E-state index contributed by atoms with van der Waals surface area (Å²) in [4.78, 5) is 14.7. The Balaban J connectivity index is 1.47. The van der Waals surface area contributed by atoms with Crippen LogP contribution in [-0.4, -0.2) is 29.9 Å². The molecule has 25 heavy (non-hydrogen) atoms. The molecular weight excluding hydrogens is 334 g/mol. The fourth-order valence-corrected chi connectivity index (χ4v) is 4.71. The number of nitrogens with zero attached hydrogens (tertiary/aromatic N) is 1. The van der Waals surface area contributed by atoms with Crippen LogP contribution in [0.3, 0.4) is 0 Å². The number of thioether (sulfide) groups is 1. The third-order valence-electron chi connectivity index (χ3n) is 4.89. The Morgan fingerprint density at radius 3 is 2.72 bits per heavy atom. The predicted molar refractivity (Wildman–Crippen MR) is 102 cm³/mol. The lowest BCUT2D eigenvalue weighted by molar-refractivity contribution is -0.131. The Morgan fingerprint density at radius 2 is 1.88 bits per heavy atom. The summed E-state index contributed by atoms with van der Waals surface area (Å²) in [7, 11) is 0. The van der Waals surface area contributed by atoms with Crippen LogP contribution in [0.1, 0.15) is 69.2 Å². The highest BCUT2D eigenvalue weighted by Gasteiger charge is 2.31. The molecule has 1 unspecified atom stereocenters. The molecule has 1 amide bonds. The maximum atomic E-state index is 12.7. The standard InChI is InChI=1S/C20H29NO3S/c1-2-3-4-5-6-7-8-9-19(22)21-12-13-25-20(21)16-10-11-17-18(14-16)24-15-23-17/h10-11,14,20H,2-9,12-13,15H2,1H3. The summed E-state index contributed by atoms with van der Waals surface area (Å²) in [5, 5.41) is 0.117. The van der Waals surface area contributed by atoms with Gasteiger partial charge in [-0.2, -0.15) is 0 Å². The largest absolute Gasteiger partial charge is 0.454 e. The minimum atomic E-state index is 0.117. The molecule has 0 aromatic heterocycles. The smallest absolute Gasteiger partial charge is 0.231 e. The van der Waals surface area contributed by atoms with Gasteiger partial charge in [-0.25, -0.2) is 0 Å². The maximum absolute atomic E-state index is 12.7. The Hall–Kier alpha value is -1.36. The van der Waals surface area contributed by atoms with Gasteiger partial charge in [0, 0.05) is 18.7 Å². The second-order valence-corrected chi connectivity index (χ2v) is 7.98. The predicted octanol–water partition coefficient (Wildman–Crippen LogP) is 5.13. The third kappa shape index (κ3) is 4.84. The lowest BCUT2D eigenvalue weighted by Crippen LogP contribution is -2.30. The van der Waals surface area contributed by atoms with Crippen LogP contribution in [0, 0.1) is 0 Å². The number of rotatable bonds is 9. The van der Waals surface area contributed by atoms with Crippen molar-refractivity contribution >= 4 is 17.7 Å². The first kappa shape index (κ1) is 18.4. The van der Waals surface area contributed by atoms with Gasteiger partial charge >= 0.3 is 0 Å². The summed E-state index contributed by atoms with van der Waals surface area (Å²) in [6.45, 7) is 3.37. The van der Waals surface area contributed by atoms with Crippen LogP contribution in [0.15, 0.2) is 18.2 Å². The van der Waals surface area contributed by atoms with Gasteiger partial charge in [-0.15, -0.1) is 11.8 Å².